The summed E-state index contributed by atoms with van der Waals surface area (Å²) in [4.78, 5) is 29.7. The summed E-state index contributed by atoms with van der Waals surface area (Å²) in [5.74, 6) is -1.09. The summed E-state index contributed by atoms with van der Waals surface area (Å²) in [5, 5.41) is 8.04. The molecule has 0 saturated carbocycles. The standard InChI is InChI=1S/C21H20N4O3/c1-13(2)19-21(27)28-20(22-19)15(14-8-4-3-5-9-14)12-18(26)25-17-11-7-6-10-16(17)23-24-25/h3-11,13,15,20H,12H2,1-2H3/t15-,20?/m1/s1. The van der Waals surface area contributed by atoms with Gasteiger partial charge in [-0.3, -0.25) is 4.79 Å². The zero-order valence-corrected chi connectivity index (χ0v) is 15.6. The molecular weight excluding hydrogens is 356 g/mol. The van der Waals surface area contributed by atoms with Gasteiger partial charge in [-0.15, -0.1) is 5.10 Å². The number of carbonyl (C=O) groups is 2. The van der Waals surface area contributed by atoms with Gasteiger partial charge in [-0.2, -0.15) is 4.68 Å². The number of aliphatic imine (C=N–C) groups is 1. The van der Waals surface area contributed by atoms with Gasteiger partial charge < -0.3 is 4.74 Å². The van der Waals surface area contributed by atoms with Crippen LogP contribution in [0.4, 0.5) is 0 Å². The van der Waals surface area contributed by atoms with Crippen LogP contribution in [-0.4, -0.2) is 38.8 Å². The van der Waals surface area contributed by atoms with Gasteiger partial charge >= 0.3 is 5.97 Å². The Bertz CT molecular complexity index is 1060. The molecule has 1 aromatic heterocycles. The van der Waals surface area contributed by atoms with E-state index >= 15 is 0 Å². The number of para-hydroxylation sites is 1. The van der Waals surface area contributed by atoms with Crippen LogP contribution in [0.25, 0.3) is 11.0 Å². The van der Waals surface area contributed by atoms with E-state index in [-0.39, 0.29) is 18.2 Å². The van der Waals surface area contributed by atoms with E-state index in [0.717, 1.165) is 5.56 Å². The van der Waals surface area contributed by atoms with E-state index in [0.29, 0.717) is 16.7 Å². The average Bonchev–Trinajstić information content (AvgIpc) is 3.30. The Morgan fingerprint density at radius 1 is 1.11 bits per heavy atom. The molecule has 0 N–H and O–H groups in total. The quantitative estimate of drug-likeness (QED) is 0.638. The van der Waals surface area contributed by atoms with Crippen molar-refractivity contribution in [2.75, 3.05) is 0 Å². The summed E-state index contributed by atoms with van der Waals surface area (Å²) in [7, 11) is 0. The molecule has 2 atom stereocenters. The lowest BCUT2D eigenvalue weighted by molar-refractivity contribution is -0.138. The lowest BCUT2D eigenvalue weighted by Crippen LogP contribution is -2.24. The molecule has 0 aliphatic carbocycles. The molecule has 0 fully saturated rings. The van der Waals surface area contributed by atoms with Gasteiger partial charge in [0.15, 0.2) is 0 Å². The molecule has 7 heteroatoms. The highest BCUT2D eigenvalue weighted by Crippen LogP contribution is 2.31. The summed E-state index contributed by atoms with van der Waals surface area (Å²) in [5.41, 5.74) is 2.59. The zero-order chi connectivity index (χ0) is 19.7. The van der Waals surface area contributed by atoms with Crippen molar-refractivity contribution in [2.24, 2.45) is 10.9 Å². The van der Waals surface area contributed by atoms with Crippen LogP contribution < -0.4 is 0 Å². The Hall–Kier alpha value is -3.35. The van der Waals surface area contributed by atoms with Crippen LogP contribution >= 0.6 is 0 Å². The van der Waals surface area contributed by atoms with E-state index in [1.54, 1.807) is 12.1 Å². The van der Waals surface area contributed by atoms with Gasteiger partial charge in [-0.25, -0.2) is 9.79 Å². The average molecular weight is 376 g/mol. The summed E-state index contributed by atoms with van der Waals surface area (Å²) in [6.07, 6.45) is -0.643. The smallest absolute Gasteiger partial charge is 0.354 e. The van der Waals surface area contributed by atoms with Crippen LogP contribution in [0, 0.1) is 5.92 Å². The Kier molecular flexibility index (Phi) is 4.73. The number of ether oxygens (including phenoxy) is 1. The van der Waals surface area contributed by atoms with Crippen molar-refractivity contribution in [1.82, 2.24) is 15.0 Å². The summed E-state index contributed by atoms with van der Waals surface area (Å²) >= 11 is 0. The molecule has 2 heterocycles. The minimum atomic E-state index is -0.731. The molecule has 0 saturated heterocycles. The van der Waals surface area contributed by atoms with Crippen molar-refractivity contribution in [3.63, 3.8) is 0 Å². The van der Waals surface area contributed by atoms with Crippen LogP contribution in [0.1, 0.15) is 36.5 Å². The number of aromatic nitrogens is 3. The van der Waals surface area contributed by atoms with Crippen molar-refractivity contribution in [3.05, 3.63) is 60.2 Å². The maximum atomic E-state index is 13.0. The molecule has 0 spiro atoms. The third-order valence-electron chi connectivity index (χ3n) is 4.80. The number of fused-ring (bicyclic) bond motifs is 1. The second-order valence-corrected chi connectivity index (χ2v) is 7.07. The second-order valence-electron chi connectivity index (χ2n) is 7.07. The fourth-order valence-electron chi connectivity index (χ4n) is 3.35. The molecule has 0 bridgehead atoms. The first-order chi connectivity index (χ1) is 13.5. The number of cyclic esters (lactones) is 1. The van der Waals surface area contributed by atoms with Gasteiger partial charge in [0.1, 0.15) is 11.2 Å². The number of hydrogen-bond donors (Lipinski definition) is 0. The fraction of sp³-hybridized carbons (Fsp3) is 0.286. The summed E-state index contributed by atoms with van der Waals surface area (Å²) in [6, 6.07) is 16.8. The van der Waals surface area contributed by atoms with Gasteiger partial charge in [0.2, 0.25) is 12.1 Å². The minimum absolute atomic E-state index is 0.0381. The van der Waals surface area contributed by atoms with Gasteiger partial charge in [0.25, 0.3) is 0 Å². The number of rotatable bonds is 5. The molecule has 1 aliphatic heterocycles. The molecule has 1 unspecified atom stereocenters. The topological polar surface area (TPSA) is 86.4 Å². The largest absolute Gasteiger partial charge is 0.435 e. The molecule has 28 heavy (non-hydrogen) atoms. The highest BCUT2D eigenvalue weighted by molar-refractivity contribution is 6.38. The number of esters is 1. The molecule has 7 nitrogen and oxygen atoms in total. The van der Waals surface area contributed by atoms with Crippen LogP contribution in [0.3, 0.4) is 0 Å². The van der Waals surface area contributed by atoms with Gasteiger partial charge in [-0.1, -0.05) is 61.5 Å². The van der Waals surface area contributed by atoms with Crippen LogP contribution in [0.2, 0.25) is 0 Å². The molecule has 1 aliphatic rings. The monoisotopic (exact) mass is 376 g/mol. The zero-order valence-electron chi connectivity index (χ0n) is 15.6. The first-order valence-corrected chi connectivity index (χ1v) is 9.22. The molecule has 3 aromatic rings. The van der Waals surface area contributed by atoms with E-state index < -0.39 is 18.1 Å². The summed E-state index contributed by atoms with van der Waals surface area (Å²) in [6.45, 7) is 3.79. The van der Waals surface area contributed by atoms with Gasteiger partial charge in [-0.05, 0) is 17.7 Å². The van der Waals surface area contributed by atoms with Gasteiger partial charge in [0, 0.05) is 12.3 Å². The van der Waals surface area contributed by atoms with E-state index in [9.17, 15) is 9.59 Å². The third-order valence-corrected chi connectivity index (χ3v) is 4.80. The molecule has 4 rings (SSSR count). The molecule has 0 amide bonds. The highest BCUT2D eigenvalue weighted by atomic mass is 16.6. The lowest BCUT2D eigenvalue weighted by Gasteiger charge is -2.20. The maximum Gasteiger partial charge on any atom is 0.354 e. The predicted molar refractivity (Wildman–Crippen MR) is 104 cm³/mol. The van der Waals surface area contributed by atoms with E-state index in [4.69, 9.17) is 4.74 Å². The molecular formula is C21H20N4O3. The van der Waals surface area contributed by atoms with Crippen molar-refractivity contribution < 1.29 is 14.3 Å². The number of benzene rings is 2. The predicted octanol–water partition coefficient (Wildman–Crippen LogP) is 3.23. The number of carbonyl (C=O) groups excluding carboxylic acids is 2. The Morgan fingerprint density at radius 2 is 1.82 bits per heavy atom. The SMILES string of the molecule is CC(C)C1=NC([C@H](CC(=O)n2nnc3ccccc32)c2ccccc2)OC1=O. The second kappa shape index (κ2) is 7.34. The fourth-order valence-corrected chi connectivity index (χ4v) is 3.35. The Balaban J connectivity index is 1.67. The first kappa shape index (κ1) is 18.0. The maximum absolute atomic E-state index is 13.0. The van der Waals surface area contributed by atoms with E-state index in [2.05, 4.69) is 15.3 Å². The lowest BCUT2D eigenvalue weighted by atomic mass is 9.93. The van der Waals surface area contributed by atoms with Gasteiger partial charge in [0.05, 0.1) is 11.4 Å². The van der Waals surface area contributed by atoms with Crippen molar-refractivity contribution in [3.8, 4) is 0 Å². The number of hydrogen-bond acceptors (Lipinski definition) is 6. The highest BCUT2D eigenvalue weighted by Gasteiger charge is 2.36. The Morgan fingerprint density at radius 3 is 2.54 bits per heavy atom. The first-order valence-electron chi connectivity index (χ1n) is 9.22. The Labute approximate surface area is 162 Å². The third kappa shape index (κ3) is 3.31. The van der Waals surface area contributed by atoms with Crippen LogP contribution in [0.5, 0.6) is 0 Å². The van der Waals surface area contributed by atoms with E-state index in [1.807, 2.05) is 56.3 Å². The van der Waals surface area contributed by atoms with Crippen LogP contribution in [-0.2, 0) is 9.53 Å². The summed E-state index contributed by atoms with van der Waals surface area (Å²) < 4.78 is 6.82. The normalized spacial score (nSPS) is 17.6. The van der Waals surface area contributed by atoms with Crippen LogP contribution in [0.15, 0.2) is 59.6 Å². The van der Waals surface area contributed by atoms with E-state index in [1.165, 1.54) is 4.68 Å². The van der Waals surface area contributed by atoms with Crippen molar-refractivity contribution in [1.29, 1.82) is 0 Å². The molecule has 0 radical (unpaired) electrons. The number of nitrogens with zero attached hydrogens (tertiary/aromatic N) is 4. The minimum Gasteiger partial charge on any atom is -0.435 e. The molecule has 142 valence electrons. The van der Waals surface area contributed by atoms with Crippen molar-refractivity contribution in [2.45, 2.75) is 32.4 Å². The van der Waals surface area contributed by atoms with Crippen molar-refractivity contribution >= 4 is 28.6 Å². The molecule has 2 aromatic carbocycles.